The van der Waals surface area contributed by atoms with E-state index >= 15 is 0 Å². The van der Waals surface area contributed by atoms with Crippen molar-refractivity contribution in [2.75, 3.05) is 11.4 Å². The second-order valence-corrected chi connectivity index (χ2v) is 6.51. The summed E-state index contributed by atoms with van der Waals surface area (Å²) in [5.41, 5.74) is 7.11. The van der Waals surface area contributed by atoms with E-state index < -0.39 is 11.8 Å². The minimum atomic E-state index is -0.512. The summed E-state index contributed by atoms with van der Waals surface area (Å²) >= 11 is 0. The highest BCUT2D eigenvalue weighted by Crippen LogP contribution is 2.25. The highest BCUT2D eigenvalue weighted by molar-refractivity contribution is 6.01. The molecule has 0 aliphatic carbocycles. The molecule has 3 rings (SSSR count). The number of carbonyl (C=O) groups excluding carboxylic acids is 3. The first-order chi connectivity index (χ1) is 13.1. The number of aryl methyl sites for hydroxylation is 1. The molecule has 1 saturated heterocycles. The minimum Gasteiger partial charge on any atom is -0.312 e. The Morgan fingerprint density at radius 3 is 2.63 bits per heavy atom. The molecule has 2 N–H and O–H groups in total. The van der Waals surface area contributed by atoms with Crippen molar-refractivity contribution in [2.24, 2.45) is 5.92 Å². The lowest BCUT2D eigenvalue weighted by molar-refractivity contribution is -0.126. The van der Waals surface area contributed by atoms with Crippen molar-refractivity contribution in [3.05, 3.63) is 59.9 Å². The molecule has 0 radical (unpaired) electrons. The Morgan fingerprint density at radius 2 is 1.96 bits per heavy atom. The van der Waals surface area contributed by atoms with E-state index in [0.29, 0.717) is 12.1 Å². The van der Waals surface area contributed by atoms with Gasteiger partial charge in [-0.15, -0.1) is 0 Å². The number of hydrogen-bond donors (Lipinski definition) is 2. The zero-order valence-electron chi connectivity index (χ0n) is 15.1. The number of nitrogens with zero attached hydrogens (tertiary/aromatic N) is 2. The van der Waals surface area contributed by atoms with E-state index in [4.69, 9.17) is 0 Å². The molecule has 140 valence electrons. The summed E-state index contributed by atoms with van der Waals surface area (Å²) < 4.78 is 0. The fourth-order valence-electron chi connectivity index (χ4n) is 3.05. The first kappa shape index (κ1) is 18.6. The first-order valence-electron chi connectivity index (χ1n) is 8.98. The van der Waals surface area contributed by atoms with Crippen LogP contribution in [0, 0.1) is 5.92 Å². The summed E-state index contributed by atoms with van der Waals surface area (Å²) in [7, 11) is 0. The van der Waals surface area contributed by atoms with Crippen LogP contribution in [0.5, 0.6) is 0 Å². The minimum absolute atomic E-state index is 0.100. The van der Waals surface area contributed by atoms with Crippen LogP contribution in [0.1, 0.15) is 35.7 Å². The lowest BCUT2D eigenvalue weighted by Crippen LogP contribution is -2.45. The van der Waals surface area contributed by atoms with Crippen LogP contribution in [-0.4, -0.2) is 29.3 Å². The van der Waals surface area contributed by atoms with E-state index in [-0.39, 0.29) is 18.2 Å². The van der Waals surface area contributed by atoms with Crippen molar-refractivity contribution < 1.29 is 14.4 Å². The van der Waals surface area contributed by atoms with Gasteiger partial charge in [0.25, 0.3) is 5.91 Å². The molecular weight excluding hydrogens is 344 g/mol. The van der Waals surface area contributed by atoms with Gasteiger partial charge >= 0.3 is 0 Å². The number of amides is 3. The topological polar surface area (TPSA) is 91.4 Å². The van der Waals surface area contributed by atoms with Gasteiger partial charge in [-0.2, -0.15) is 0 Å². The third-order valence-corrected chi connectivity index (χ3v) is 4.51. The standard InChI is InChI=1S/C20H22N4O3/c1-2-4-14-6-8-17(9-7-14)24-13-16(11-18(24)25)20(27)23-22-19(26)15-5-3-10-21-12-15/h3,5-10,12,16H,2,4,11,13H2,1H3,(H,22,26)(H,23,27). The van der Waals surface area contributed by atoms with Gasteiger partial charge in [-0.25, -0.2) is 0 Å². The average molecular weight is 366 g/mol. The Bertz CT molecular complexity index is 821. The molecule has 7 heteroatoms. The summed E-state index contributed by atoms with van der Waals surface area (Å²) in [5.74, 6) is -1.45. The molecule has 0 saturated carbocycles. The maximum absolute atomic E-state index is 12.3. The molecule has 1 unspecified atom stereocenters. The van der Waals surface area contributed by atoms with Gasteiger partial charge in [0.1, 0.15) is 0 Å². The smallest absolute Gasteiger partial charge is 0.271 e. The molecule has 7 nitrogen and oxygen atoms in total. The first-order valence-corrected chi connectivity index (χ1v) is 8.98. The Morgan fingerprint density at radius 1 is 1.19 bits per heavy atom. The van der Waals surface area contributed by atoms with Crippen LogP contribution in [-0.2, 0) is 16.0 Å². The molecule has 1 atom stereocenters. The SMILES string of the molecule is CCCc1ccc(N2CC(C(=O)NNC(=O)c3cccnc3)CC2=O)cc1. The van der Waals surface area contributed by atoms with Gasteiger partial charge in [-0.1, -0.05) is 25.5 Å². The molecule has 2 aromatic rings. The molecule has 0 bridgehead atoms. The van der Waals surface area contributed by atoms with Gasteiger partial charge in [0, 0.05) is 31.0 Å². The number of nitrogens with one attached hydrogen (secondary N) is 2. The van der Waals surface area contributed by atoms with Crippen molar-refractivity contribution in [3.8, 4) is 0 Å². The summed E-state index contributed by atoms with van der Waals surface area (Å²) in [4.78, 5) is 42.1. The van der Waals surface area contributed by atoms with E-state index in [1.54, 1.807) is 23.2 Å². The summed E-state index contributed by atoms with van der Waals surface area (Å²) in [6, 6.07) is 11.1. The van der Waals surface area contributed by atoms with Crippen LogP contribution in [0.15, 0.2) is 48.8 Å². The molecule has 1 aromatic heterocycles. The normalized spacial score (nSPS) is 16.3. The quantitative estimate of drug-likeness (QED) is 0.790. The zero-order chi connectivity index (χ0) is 19.2. The van der Waals surface area contributed by atoms with Crippen LogP contribution in [0.25, 0.3) is 0 Å². The van der Waals surface area contributed by atoms with Gasteiger partial charge in [-0.3, -0.25) is 30.2 Å². The van der Waals surface area contributed by atoms with Gasteiger partial charge in [-0.05, 0) is 36.2 Å². The van der Waals surface area contributed by atoms with Crippen LogP contribution in [0.4, 0.5) is 5.69 Å². The molecule has 0 spiro atoms. The number of carbonyl (C=O) groups is 3. The second-order valence-electron chi connectivity index (χ2n) is 6.51. The van der Waals surface area contributed by atoms with Crippen molar-refractivity contribution in [3.63, 3.8) is 0 Å². The lowest BCUT2D eigenvalue weighted by Gasteiger charge is -2.17. The molecule has 2 heterocycles. The molecular formula is C20H22N4O3. The van der Waals surface area contributed by atoms with E-state index in [2.05, 4.69) is 22.8 Å². The molecule has 1 aliphatic heterocycles. The van der Waals surface area contributed by atoms with Crippen molar-refractivity contribution in [2.45, 2.75) is 26.2 Å². The Labute approximate surface area is 157 Å². The van der Waals surface area contributed by atoms with Gasteiger partial charge in [0.15, 0.2) is 0 Å². The highest BCUT2D eigenvalue weighted by Gasteiger charge is 2.35. The Kier molecular flexibility index (Phi) is 5.80. The van der Waals surface area contributed by atoms with Crippen molar-refractivity contribution >= 4 is 23.4 Å². The van der Waals surface area contributed by atoms with Crippen LogP contribution >= 0.6 is 0 Å². The number of aromatic nitrogens is 1. The second kappa shape index (κ2) is 8.44. The highest BCUT2D eigenvalue weighted by atomic mass is 16.2. The van der Waals surface area contributed by atoms with Crippen molar-refractivity contribution in [1.29, 1.82) is 0 Å². The molecule has 1 aliphatic rings. The number of benzene rings is 1. The van der Waals surface area contributed by atoms with Crippen LogP contribution in [0.3, 0.4) is 0 Å². The zero-order valence-corrected chi connectivity index (χ0v) is 15.1. The van der Waals surface area contributed by atoms with Crippen LogP contribution < -0.4 is 15.8 Å². The molecule has 3 amide bonds. The predicted molar refractivity (Wildman–Crippen MR) is 101 cm³/mol. The van der Waals surface area contributed by atoms with E-state index in [1.807, 2.05) is 24.3 Å². The number of hydrogen-bond acceptors (Lipinski definition) is 4. The number of hydrazine groups is 1. The van der Waals surface area contributed by atoms with Gasteiger partial charge in [0.2, 0.25) is 11.8 Å². The van der Waals surface area contributed by atoms with Crippen LogP contribution in [0.2, 0.25) is 0 Å². The molecule has 1 aromatic carbocycles. The van der Waals surface area contributed by atoms with E-state index in [9.17, 15) is 14.4 Å². The summed E-state index contributed by atoms with van der Waals surface area (Å²) in [5, 5.41) is 0. The van der Waals surface area contributed by atoms with E-state index in [1.165, 1.54) is 11.8 Å². The average Bonchev–Trinajstić information content (AvgIpc) is 3.09. The summed E-state index contributed by atoms with van der Waals surface area (Å²) in [6.45, 7) is 2.41. The monoisotopic (exact) mass is 366 g/mol. The third kappa shape index (κ3) is 4.49. The number of pyridine rings is 1. The largest absolute Gasteiger partial charge is 0.312 e. The predicted octanol–water partition coefficient (Wildman–Crippen LogP) is 1.85. The maximum atomic E-state index is 12.3. The van der Waals surface area contributed by atoms with E-state index in [0.717, 1.165) is 18.5 Å². The fourth-order valence-corrected chi connectivity index (χ4v) is 3.05. The Hall–Kier alpha value is -3.22. The summed E-state index contributed by atoms with van der Waals surface area (Å²) in [6.07, 6.45) is 5.14. The molecule has 1 fully saturated rings. The lowest BCUT2D eigenvalue weighted by atomic mass is 10.1. The maximum Gasteiger partial charge on any atom is 0.271 e. The van der Waals surface area contributed by atoms with Crippen molar-refractivity contribution in [1.82, 2.24) is 15.8 Å². The number of rotatable bonds is 5. The van der Waals surface area contributed by atoms with Gasteiger partial charge < -0.3 is 4.90 Å². The fraction of sp³-hybridized carbons (Fsp3) is 0.300. The molecule has 27 heavy (non-hydrogen) atoms. The number of anilines is 1. The Balaban J connectivity index is 1.56. The van der Waals surface area contributed by atoms with Gasteiger partial charge in [0.05, 0.1) is 11.5 Å². The third-order valence-electron chi connectivity index (χ3n) is 4.51.